The van der Waals surface area contributed by atoms with Crippen LogP contribution in [0.4, 0.5) is 0 Å². The van der Waals surface area contributed by atoms with Crippen molar-refractivity contribution in [2.75, 3.05) is 13.1 Å². The van der Waals surface area contributed by atoms with Gasteiger partial charge in [0.05, 0.1) is 5.56 Å². The molecule has 0 fully saturated rings. The zero-order valence-corrected chi connectivity index (χ0v) is 15.2. The molecule has 25 heavy (non-hydrogen) atoms. The van der Waals surface area contributed by atoms with Gasteiger partial charge in [0.1, 0.15) is 17.1 Å². The molecule has 0 saturated carbocycles. The summed E-state index contributed by atoms with van der Waals surface area (Å²) < 4.78 is 6.30. The van der Waals surface area contributed by atoms with Crippen molar-refractivity contribution in [2.45, 2.75) is 39.3 Å². The van der Waals surface area contributed by atoms with Crippen LogP contribution in [0.2, 0.25) is 0 Å². The Hall–Kier alpha value is -2.26. The summed E-state index contributed by atoms with van der Waals surface area (Å²) in [5, 5.41) is 10.5. The predicted octanol–water partition coefficient (Wildman–Crippen LogP) is 4.53. The van der Waals surface area contributed by atoms with Gasteiger partial charge in [-0.1, -0.05) is 30.3 Å². The zero-order chi connectivity index (χ0) is 17.6. The first-order chi connectivity index (χ1) is 11.9. The Morgan fingerprint density at radius 2 is 1.92 bits per heavy atom. The maximum absolute atomic E-state index is 10.5. The van der Waals surface area contributed by atoms with E-state index in [-0.39, 0.29) is 5.60 Å². The van der Waals surface area contributed by atoms with Crippen molar-refractivity contribution < 1.29 is 9.84 Å². The van der Waals surface area contributed by atoms with Crippen LogP contribution in [0.3, 0.4) is 0 Å². The number of aryl methyl sites for hydroxylation is 1. The van der Waals surface area contributed by atoms with E-state index in [1.54, 1.807) is 0 Å². The lowest BCUT2D eigenvalue weighted by molar-refractivity contribution is 0.123. The molecule has 0 atom stereocenters. The minimum atomic E-state index is -0.349. The van der Waals surface area contributed by atoms with E-state index >= 15 is 0 Å². The number of fused-ring (bicyclic) bond motifs is 2. The van der Waals surface area contributed by atoms with E-state index in [2.05, 4.69) is 49.1 Å². The average Bonchev–Trinajstić information content (AvgIpc) is 2.55. The maximum atomic E-state index is 10.5. The van der Waals surface area contributed by atoms with E-state index in [1.807, 2.05) is 19.1 Å². The normalized spacial score (nSPS) is 19.2. The molecule has 0 saturated heterocycles. The highest BCUT2D eigenvalue weighted by Gasteiger charge is 2.38. The second-order valence-electron chi connectivity index (χ2n) is 7.67. The molecule has 2 aliphatic heterocycles. The van der Waals surface area contributed by atoms with Gasteiger partial charge in [-0.05, 0) is 61.6 Å². The van der Waals surface area contributed by atoms with E-state index in [0.29, 0.717) is 5.75 Å². The molecule has 1 N–H and O–H groups in total. The molecule has 2 heterocycles. The summed E-state index contributed by atoms with van der Waals surface area (Å²) in [6.07, 6.45) is 0.943. The topological polar surface area (TPSA) is 32.7 Å². The van der Waals surface area contributed by atoms with E-state index in [4.69, 9.17) is 4.74 Å². The summed E-state index contributed by atoms with van der Waals surface area (Å²) in [5.41, 5.74) is 5.48. The summed E-state index contributed by atoms with van der Waals surface area (Å²) >= 11 is 0. The van der Waals surface area contributed by atoms with Crippen molar-refractivity contribution in [2.24, 2.45) is 0 Å². The van der Waals surface area contributed by atoms with Crippen molar-refractivity contribution in [3.05, 3.63) is 64.7 Å². The molecule has 2 aliphatic rings. The predicted molar refractivity (Wildman–Crippen MR) is 101 cm³/mol. The van der Waals surface area contributed by atoms with Gasteiger partial charge < -0.3 is 9.84 Å². The summed E-state index contributed by atoms with van der Waals surface area (Å²) in [5.74, 6) is 1.16. The minimum absolute atomic E-state index is 0.342. The molecule has 0 aliphatic carbocycles. The summed E-state index contributed by atoms with van der Waals surface area (Å²) in [7, 11) is 0. The number of nitrogens with zero attached hydrogens (tertiary/aromatic N) is 1. The Morgan fingerprint density at radius 1 is 1.16 bits per heavy atom. The van der Waals surface area contributed by atoms with Crippen molar-refractivity contribution in [3.63, 3.8) is 0 Å². The second kappa shape index (κ2) is 5.92. The fourth-order valence-electron chi connectivity index (χ4n) is 4.08. The van der Waals surface area contributed by atoms with Crippen molar-refractivity contribution in [1.29, 1.82) is 0 Å². The molecule has 0 amide bonds. The van der Waals surface area contributed by atoms with Crippen molar-refractivity contribution in [1.82, 2.24) is 4.90 Å². The standard InChI is InChI=1S/C22H25NO2/c1-15-11-19(24)21-17-9-10-23(13-16-7-5-4-6-8-16)14-18(17)22(2,3)25-20(21)12-15/h4-8,11-12,24H,9-10,13-14H2,1-3H3. The average molecular weight is 335 g/mol. The summed E-state index contributed by atoms with van der Waals surface area (Å²) in [6.45, 7) is 9.08. The summed E-state index contributed by atoms with van der Waals surface area (Å²) in [6, 6.07) is 14.5. The number of hydrogen-bond donors (Lipinski definition) is 1. The summed E-state index contributed by atoms with van der Waals surface area (Å²) in [4.78, 5) is 2.47. The third kappa shape index (κ3) is 2.93. The van der Waals surface area contributed by atoms with Gasteiger partial charge in [0, 0.05) is 19.6 Å². The molecule has 0 spiro atoms. The van der Waals surface area contributed by atoms with Gasteiger partial charge in [-0.15, -0.1) is 0 Å². The van der Waals surface area contributed by atoms with Crippen LogP contribution in [0.1, 0.15) is 37.0 Å². The number of benzene rings is 2. The van der Waals surface area contributed by atoms with Crippen LogP contribution in [0, 0.1) is 6.92 Å². The Balaban J connectivity index is 1.70. The Bertz CT molecular complexity index is 837. The molecule has 0 radical (unpaired) electrons. The molecule has 2 aromatic rings. The largest absolute Gasteiger partial charge is 0.507 e. The van der Waals surface area contributed by atoms with E-state index in [1.165, 1.54) is 16.7 Å². The van der Waals surface area contributed by atoms with E-state index in [0.717, 1.165) is 42.9 Å². The van der Waals surface area contributed by atoms with Gasteiger partial charge >= 0.3 is 0 Å². The molecule has 3 nitrogen and oxygen atoms in total. The minimum Gasteiger partial charge on any atom is -0.507 e. The monoisotopic (exact) mass is 335 g/mol. The van der Waals surface area contributed by atoms with Crippen LogP contribution in [0.5, 0.6) is 11.5 Å². The quantitative estimate of drug-likeness (QED) is 0.875. The zero-order valence-electron chi connectivity index (χ0n) is 15.2. The lowest BCUT2D eigenvalue weighted by Gasteiger charge is -2.42. The van der Waals surface area contributed by atoms with E-state index in [9.17, 15) is 5.11 Å². The van der Waals surface area contributed by atoms with Gasteiger partial charge in [-0.3, -0.25) is 4.90 Å². The van der Waals surface area contributed by atoms with Gasteiger partial charge in [0.25, 0.3) is 0 Å². The molecule has 0 bridgehead atoms. The maximum Gasteiger partial charge on any atom is 0.132 e. The fourth-order valence-corrected chi connectivity index (χ4v) is 4.08. The van der Waals surface area contributed by atoms with Gasteiger partial charge in [-0.2, -0.15) is 0 Å². The number of aromatic hydroxyl groups is 1. The number of phenols is 1. The molecule has 0 unspecified atom stereocenters. The van der Waals surface area contributed by atoms with Crippen LogP contribution < -0.4 is 4.74 Å². The molecular weight excluding hydrogens is 310 g/mol. The number of phenolic OH excluding ortho intramolecular Hbond substituents is 1. The van der Waals surface area contributed by atoms with Gasteiger partial charge in [0.15, 0.2) is 0 Å². The molecule has 3 heteroatoms. The van der Waals surface area contributed by atoms with Crippen LogP contribution in [-0.4, -0.2) is 28.7 Å². The molecular formula is C22H25NO2. The Morgan fingerprint density at radius 3 is 2.68 bits per heavy atom. The van der Waals surface area contributed by atoms with Crippen molar-refractivity contribution >= 4 is 5.57 Å². The molecule has 130 valence electrons. The molecule has 0 aromatic heterocycles. The third-order valence-electron chi connectivity index (χ3n) is 5.29. The van der Waals surface area contributed by atoms with E-state index < -0.39 is 0 Å². The second-order valence-corrected chi connectivity index (χ2v) is 7.67. The number of rotatable bonds is 2. The molecule has 2 aromatic carbocycles. The van der Waals surface area contributed by atoms with Gasteiger partial charge in [-0.25, -0.2) is 0 Å². The van der Waals surface area contributed by atoms with Gasteiger partial charge in [0.2, 0.25) is 0 Å². The van der Waals surface area contributed by atoms with Crippen LogP contribution >= 0.6 is 0 Å². The highest BCUT2D eigenvalue weighted by Crippen LogP contribution is 2.48. The van der Waals surface area contributed by atoms with Crippen molar-refractivity contribution in [3.8, 4) is 11.5 Å². The number of hydrogen-bond acceptors (Lipinski definition) is 3. The van der Waals surface area contributed by atoms with Crippen LogP contribution in [-0.2, 0) is 6.54 Å². The Labute approximate surface area is 149 Å². The SMILES string of the molecule is Cc1cc(O)c2c(c1)OC(C)(C)C1=C2CCN(Cc2ccccc2)C1. The fraction of sp³-hybridized carbons (Fsp3) is 0.364. The third-order valence-corrected chi connectivity index (χ3v) is 5.29. The Kier molecular flexibility index (Phi) is 3.84. The first-order valence-corrected chi connectivity index (χ1v) is 8.96. The highest BCUT2D eigenvalue weighted by molar-refractivity contribution is 5.81. The van der Waals surface area contributed by atoms with Crippen LogP contribution in [0.25, 0.3) is 5.57 Å². The molecule has 4 rings (SSSR count). The smallest absolute Gasteiger partial charge is 0.132 e. The lowest BCUT2D eigenvalue weighted by Crippen LogP contribution is -2.43. The highest BCUT2D eigenvalue weighted by atomic mass is 16.5. The van der Waals surface area contributed by atoms with Crippen LogP contribution in [0.15, 0.2) is 48.0 Å². The number of ether oxygens (including phenoxy) is 1. The first-order valence-electron chi connectivity index (χ1n) is 8.96. The lowest BCUT2D eigenvalue weighted by atomic mass is 9.81. The first kappa shape index (κ1) is 16.2.